The van der Waals surface area contributed by atoms with Crippen LogP contribution in [0, 0.1) is 11.8 Å². The summed E-state index contributed by atoms with van der Waals surface area (Å²) in [5, 5.41) is 8.78. The van der Waals surface area contributed by atoms with Crippen molar-refractivity contribution in [2.75, 3.05) is 13.2 Å². The van der Waals surface area contributed by atoms with E-state index in [2.05, 4.69) is 0 Å². The number of rotatable bonds is 3. The highest BCUT2D eigenvalue weighted by molar-refractivity contribution is 6.03. The Morgan fingerprint density at radius 3 is 2.62 bits per heavy atom. The lowest BCUT2D eigenvalue weighted by atomic mass is 10.1. The Kier molecular flexibility index (Phi) is 3.03. The van der Waals surface area contributed by atoms with Crippen molar-refractivity contribution in [3.63, 3.8) is 0 Å². The Bertz CT molecular complexity index is 227. The van der Waals surface area contributed by atoms with Crippen molar-refractivity contribution in [2.45, 2.75) is 20.3 Å². The summed E-state index contributed by atoms with van der Waals surface area (Å²) in [6.45, 7) is 3.91. The minimum atomic E-state index is -0.182. The van der Waals surface area contributed by atoms with Crippen molar-refractivity contribution in [2.24, 2.45) is 11.8 Å². The predicted molar refractivity (Wildman–Crippen MR) is 46.8 cm³/mol. The largest absolute Gasteiger partial charge is 0.396 e. The molecule has 13 heavy (non-hydrogen) atoms. The van der Waals surface area contributed by atoms with E-state index in [1.54, 1.807) is 6.92 Å². The molecule has 0 aromatic rings. The summed E-state index contributed by atoms with van der Waals surface area (Å²) in [6.07, 6.45) is 0.316. The lowest BCUT2D eigenvalue weighted by molar-refractivity contribution is -0.140. The maximum atomic E-state index is 11.4. The van der Waals surface area contributed by atoms with Gasteiger partial charge in [-0.05, 0) is 5.92 Å². The van der Waals surface area contributed by atoms with E-state index >= 15 is 0 Å². The number of aliphatic hydroxyl groups is 1. The minimum Gasteiger partial charge on any atom is -0.396 e. The number of hydrogen-bond donors (Lipinski definition) is 1. The summed E-state index contributed by atoms with van der Waals surface area (Å²) in [6, 6.07) is 0. The van der Waals surface area contributed by atoms with Crippen LogP contribution < -0.4 is 0 Å². The molecule has 1 saturated heterocycles. The third kappa shape index (κ3) is 2.06. The molecule has 0 saturated carbocycles. The van der Waals surface area contributed by atoms with Crippen molar-refractivity contribution in [1.82, 2.24) is 4.90 Å². The minimum absolute atomic E-state index is 0.00540. The third-order valence-corrected chi connectivity index (χ3v) is 2.28. The standard InChI is InChI=1S/C9H15NO3/c1-6(5-11)4-10-8(12)3-7(2)9(10)13/h6-7,11H,3-5H2,1-2H3. The number of imide groups is 1. The molecule has 0 aromatic carbocycles. The molecule has 2 atom stereocenters. The molecular weight excluding hydrogens is 170 g/mol. The van der Waals surface area contributed by atoms with E-state index in [0.29, 0.717) is 13.0 Å². The first-order chi connectivity index (χ1) is 6.06. The summed E-state index contributed by atoms with van der Waals surface area (Å²) in [5.74, 6) is -0.431. The molecule has 2 amide bonds. The van der Waals surface area contributed by atoms with Crippen molar-refractivity contribution in [1.29, 1.82) is 0 Å². The van der Waals surface area contributed by atoms with Crippen LogP contribution in [-0.4, -0.2) is 35.0 Å². The SMILES string of the molecule is CC(CO)CN1C(=O)CC(C)C1=O. The molecule has 74 valence electrons. The predicted octanol–water partition coefficient (Wildman–Crippen LogP) is 0.00980. The van der Waals surface area contributed by atoms with Gasteiger partial charge in [0, 0.05) is 25.5 Å². The second-order valence-corrected chi connectivity index (χ2v) is 3.74. The first kappa shape index (κ1) is 10.2. The molecule has 1 aliphatic rings. The van der Waals surface area contributed by atoms with Gasteiger partial charge in [0.2, 0.25) is 11.8 Å². The summed E-state index contributed by atoms with van der Waals surface area (Å²) < 4.78 is 0. The van der Waals surface area contributed by atoms with E-state index < -0.39 is 0 Å². The highest BCUT2D eigenvalue weighted by Gasteiger charge is 2.35. The van der Waals surface area contributed by atoms with E-state index in [9.17, 15) is 9.59 Å². The zero-order chi connectivity index (χ0) is 10.0. The average molecular weight is 185 g/mol. The molecule has 4 heteroatoms. The highest BCUT2D eigenvalue weighted by atomic mass is 16.3. The lowest BCUT2D eigenvalue weighted by Crippen LogP contribution is -2.35. The summed E-state index contributed by atoms with van der Waals surface area (Å²) in [7, 11) is 0. The van der Waals surface area contributed by atoms with Gasteiger partial charge < -0.3 is 5.11 Å². The maximum Gasteiger partial charge on any atom is 0.232 e. The Labute approximate surface area is 77.5 Å². The third-order valence-electron chi connectivity index (χ3n) is 2.28. The van der Waals surface area contributed by atoms with Crippen molar-refractivity contribution < 1.29 is 14.7 Å². The molecule has 1 heterocycles. The molecule has 4 nitrogen and oxygen atoms in total. The van der Waals surface area contributed by atoms with Crippen LogP contribution in [0.4, 0.5) is 0 Å². The van der Waals surface area contributed by atoms with Crippen LogP contribution >= 0.6 is 0 Å². The van der Waals surface area contributed by atoms with Crippen molar-refractivity contribution in [3.05, 3.63) is 0 Å². The molecule has 0 aromatic heterocycles. The summed E-state index contributed by atoms with van der Waals surface area (Å²) in [5.41, 5.74) is 0. The van der Waals surface area contributed by atoms with Crippen LogP contribution in [0.15, 0.2) is 0 Å². The first-order valence-corrected chi connectivity index (χ1v) is 4.51. The maximum absolute atomic E-state index is 11.4. The number of aliphatic hydroxyl groups excluding tert-OH is 1. The average Bonchev–Trinajstić information content (AvgIpc) is 2.32. The number of hydrogen-bond acceptors (Lipinski definition) is 3. The fourth-order valence-electron chi connectivity index (χ4n) is 1.41. The number of likely N-dealkylation sites (tertiary alicyclic amines) is 1. The number of amides is 2. The molecule has 2 unspecified atom stereocenters. The Hall–Kier alpha value is -0.900. The Balaban J connectivity index is 2.59. The van der Waals surface area contributed by atoms with E-state index in [-0.39, 0.29) is 30.3 Å². The number of nitrogens with zero attached hydrogens (tertiary/aromatic N) is 1. The molecule has 0 radical (unpaired) electrons. The lowest BCUT2D eigenvalue weighted by Gasteiger charge is -2.17. The molecular formula is C9H15NO3. The smallest absolute Gasteiger partial charge is 0.232 e. The summed E-state index contributed by atoms with van der Waals surface area (Å²) in [4.78, 5) is 23.9. The van der Waals surface area contributed by atoms with Gasteiger partial charge in [-0.1, -0.05) is 13.8 Å². The van der Waals surface area contributed by atoms with Crippen LogP contribution in [0.3, 0.4) is 0 Å². The molecule has 1 aliphatic heterocycles. The van der Waals surface area contributed by atoms with E-state index in [1.807, 2.05) is 6.92 Å². The van der Waals surface area contributed by atoms with Gasteiger partial charge in [0.15, 0.2) is 0 Å². The zero-order valence-electron chi connectivity index (χ0n) is 7.99. The van der Waals surface area contributed by atoms with Gasteiger partial charge in [-0.15, -0.1) is 0 Å². The topological polar surface area (TPSA) is 57.6 Å². The number of carbonyl (C=O) groups is 2. The van der Waals surface area contributed by atoms with Crippen LogP contribution in [-0.2, 0) is 9.59 Å². The van der Waals surface area contributed by atoms with Gasteiger partial charge in [0.05, 0.1) is 0 Å². The van der Waals surface area contributed by atoms with Crippen molar-refractivity contribution >= 4 is 11.8 Å². The molecule has 0 aliphatic carbocycles. The molecule has 1 fully saturated rings. The quantitative estimate of drug-likeness (QED) is 0.630. The molecule has 0 spiro atoms. The Morgan fingerprint density at radius 1 is 1.62 bits per heavy atom. The number of carbonyl (C=O) groups excluding carboxylic acids is 2. The van der Waals surface area contributed by atoms with E-state index in [1.165, 1.54) is 4.90 Å². The normalized spacial score (nSPS) is 25.5. The van der Waals surface area contributed by atoms with Gasteiger partial charge in [-0.2, -0.15) is 0 Å². The van der Waals surface area contributed by atoms with Crippen LogP contribution in [0.5, 0.6) is 0 Å². The molecule has 1 N–H and O–H groups in total. The van der Waals surface area contributed by atoms with Crippen LogP contribution in [0.25, 0.3) is 0 Å². The zero-order valence-corrected chi connectivity index (χ0v) is 7.99. The van der Waals surface area contributed by atoms with Gasteiger partial charge in [-0.25, -0.2) is 0 Å². The fraction of sp³-hybridized carbons (Fsp3) is 0.778. The molecule has 1 rings (SSSR count). The van der Waals surface area contributed by atoms with Crippen LogP contribution in [0.2, 0.25) is 0 Å². The van der Waals surface area contributed by atoms with Crippen LogP contribution in [0.1, 0.15) is 20.3 Å². The van der Waals surface area contributed by atoms with E-state index in [4.69, 9.17) is 5.11 Å². The monoisotopic (exact) mass is 185 g/mol. The fourth-order valence-corrected chi connectivity index (χ4v) is 1.41. The van der Waals surface area contributed by atoms with E-state index in [0.717, 1.165) is 0 Å². The first-order valence-electron chi connectivity index (χ1n) is 4.51. The molecule has 0 bridgehead atoms. The van der Waals surface area contributed by atoms with Gasteiger partial charge in [-0.3, -0.25) is 14.5 Å². The van der Waals surface area contributed by atoms with Gasteiger partial charge >= 0.3 is 0 Å². The summed E-state index contributed by atoms with van der Waals surface area (Å²) >= 11 is 0. The van der Waals surface area contributed by atoms with Gasteiger partial charge in [0.25, 0.3) is 0 Å². The highest BCUT2D eigenvalue weighted by Crippen LogP contribution is 2.19. The second-order valence-electron chi connectivity index (χ2n) is 3.74. The van der Waals surface area contributed by atoms with Gasteiger partial charge in [0.1, 0.15) is 0 Å². The van der Waals surface area contributed by atoms with Crippen molar-refractivity contribution in [3.8, 4) is 0 Å². The second kappa shape index (κ2) is 3.87. The Morgan fingerprint density at radius 2 is 2.23 bits per heavy atom.